The summed E-state index contributed by atoms with van der Waals surface area (Å²) in [6.45, 7) is 0. The third-order valence-electron chi connectivity index (χ3n) is 2.41. The lowest BCUT2D eigenvalue weighted by atomic mass is 10.1. The van der Waals surface area contributed by atoms with Gasteiger partial charge in [0.2, 0.25) is 0 Å². The summed E-state index contributed by atoms with van der Waals surface area (Å²) in [7, 11) is 0. The van der Waals surface area contributed by atoms with Crippen LogP contribution in [-0.4, -0.2) is 15.0 Å². The number of pyridine rings is 1. The van der Waals surface area contributed by atoms with Crippen LogP contribution in [-0.2, 0) is 0 Å². The number of rotatable bonds is 1. The van der Waals surface area contributed by atoms with Crippen molar-refractivity contribution in [3.63, 3.8) is 0 Å². The average Bonchev–Trinajstić information content (AvgIpc) is 2.39. The van der Waals surface area contributed by atoms with E-state index in [1.54, 1.807) is 18.6 Å². The van der Waals surface area contributed by atoms with E-state index in [0.29, 0.717) is 0 Å². The Kier molecular flexibility index (Phi) is 2.07. The van der Waals surface area contributed by atoms with Crippen molar-refractivity contribution in [1.29, 1.82) is 0 Å². The van der Waals surface area contributed by atoms with Crippen LogP contribution in [0, 0.1) is 0 Å². The number of benzene rings is 1. The molecule has 2 heterocycles. The van der Waals surface area contributed by atoms with Crippen molar-refractivity contribution in [2.24, 2.45) is 0 Å². The standard InChI is InChI=1S/C13H9N3/c1-2-4-10(5-3-1)12-9-15-13-8-14-7-6-11(13)16-12/h1-9H. The zero-order valence-corrected chi connectivity index (χ0v) is 8.54. The van der Waals surface area contributed by atoms with Crippen LogP contribution in [0.1, 0.15) is 0 Å². The molecule has 3 rings (SSSR count). The zero-order valence-electron chi connectivity index (χ0n) is 8.54. The minimum absolute atomic E-state index is 0.821. The SMILES string of the molecule is c1ccc(-c2cnc3cnccc3n2)cc1. The molecule has 2 aromatic heterocycles. The van der Waals surface area contributed by atoms with E-state index < -0.39 is 0 Å². The summed E-state index contributed by atoms with van der Waals surface area (Å²) in [4.78, 5) is 12.9. The first-order valence-corrected chi connectivity index (χ1v) is 5.06. The normalized spacial score (nSPS) is 10.5. The molecule has 0 N–H and O–H groups in total. The van der Waals surface area contributed by atoms with Gasteiger partial charge < -0.3 is 0 Å². The van der Waals surface area contributed by atoms with Gasteiger partial charge >= 0.3 is 0 Å². The van der Waals surface area contributed by atoms with Gasteiger partial charge in [-0.1, -0.05) is 30.3 Å². The van der Waals surface area contributed by atoms with E-state index in [1.165, 1.54) is 0 Å². The van der Waals surface area contributed by atoms with E-state index in [2.05, 4.69) is 15.0 Å². The number of fused-ring (bicyclic) bond motifs is 1. The lowest BCUT2D eigenvalue weighted by Gasteiger charge is -2.01. The van der Waals surface area contributed by atoms with Crippen LogP contribution in [0.15, 0.2) is 55.0 Å². The molecule has 0 amide bonds. The van der Waals surface area contributed by atoms with Crippen molar-refractivity contribution < 1.29 is 0 Å². The largest absolute Gasteiger partial charge is 0.262 e. The Bertz CT molecular complexity index is 620. The van der Waals surface area contributed by atoms with Crippen molar-refractivity contribution >= 4 is 11.0 Å². The Morgan fingerprint density at radius 3 is 2.56 bits per heavy atom. The Hall–Kier alpha value is -2.29. The average molecular weight is 207 g/mol. The second kappa shape index (κ2) is 3.70. The van der Waals surface area contributed by atoms with Gasteiger partial charge in [-0.25, -0.2) is 4.98 Å². The monoisotopic (exact) mass is 207 g/mol. The van der Waals surface area contributed by atoms with Crippen LogP contribution in [0.4, 0.5) is 0 Å². The lowest BCUT2D eigenvalue weighted by Crippen LogP contribution is -1.88. The molecular formula is C13H9N3. The number of aromatic nitrogens is 3. The summed E-state index contributed by atoms with van der Waals surface area (Å²) < 4.78 is 0. The first-order chi connectivity index (χ1) is 7.93. The molecule has 76 valence electrons. The minimum Gasteiger partial charge on any atom is -0.262 e. The van der Waals surface area contributed by atoms with E-state index >= 15 is 0 Å². The Morgan fingerprint density at radius 1 is 0.812 bits per heavy atom. The second-order valence-corrected chi connectivity index (χ2v) is 3.49. The number of nitrogens with zero attached hydrogens (tertiary/aromatic N) is 3. The molecule has 3 heteroatoms. The summed E-state index contributed by atoms with van der Waals surface area (Å²) >= 11 is 0. The Morgan fingerprint density at radius 2 is 1.69 bits per heavy atom. The van der Waals surface area contributed by atoms with Crippen LogP contribution in [0.2, 0.25) is 0 Å². The summed E-state index contributed by atoms with van der Waals surface area (Å²) in [5, 5.41) is 0. The van der Waals surface area contributed by atoms with E-state index in [0.717, 1.165) is 22.3 Å². The quantitative estimate of drug-likeness (QED) is 0.615. The first kappa shape index (κ1) is 8.97. The van der Waals surface area contributed by atoms with Gasteiger partial charge in [0.25, 0.3) is 0 Å². The summed E-state index contributed by atoms with van der Waals surface area (Å²) in [5.74, 6) is 0. The van der Waals surface area contributed by atoms with E-state index in [1.807, 2.05) is 36.4 Å². The third kappa shape index (κ3) is 1.52. The highest BCUT2D eigenvalue weighted by Gasteiger charge is 2.01. The molecule has 0 aliphatic heterocycles. The molecule has 0 bridgehead atoms. The summed E-state index contributed by atoms with van der Waals surface area (Å²) in [6, 6.07) is 11.9. The van der Waals surface area contributed by atoms with Gasteiger partial charge in [0, 0.05) is 11.8 Å². The highest BCUT2D eigenvalue weighted by Crippen LogP contribution is 2.17. The molecule has 3 nitrogen and oxygen atoms in total. The number of hydrogen-bond acceptors (Lipinski definition) is 3. The highest BCUT2D eigenvalue weighted by atomic mass is 14.8. The van der Waals surface area contributed by atoms with Crippen LogP contribution >= 0.6 is 0 Å². The fraction of sp³-hybridized carbons (Fsp3) is 0. The smallest absolute Gasteiger partial charge is 0.107 e. The molecule has 0 aliphatic rings. The molecule has 3 aromatic rings. The zero-order chi connectivity index (χ0) is 10.8. The summed E-state index contributed by atoms with van der Waals surface area (Å²) in [6.07, 6.45) is 5.22. The molecule has 0 saturated heterocycles. The van der Waals surface area contributed by atoms with Crippen molar-refractivity contribution in [3.8, 4) is 11.3 Å². The van der Waals surface area contributed by atoms with Crippen LogP contribution in [0.3, 0.4) is 0 Å². The topological polar surface area (TPSA) is 38.7 Å². The van der Waals surface area contributed by atoms with Crippen molar-refractivity contribution in [2.75, 3.05) is 0 Å². The molecule has 0 fully saturated rings. The van der Waals surface area contributed by atoms with Crippen molar-refractivity contribution in [2.45, 2.75) is 0 Å². The molecule has 0 radical (unpaired) electrons. The molecular weight excluding hydrogens is 198 g/mol. The van der Waals surface area contributed by atoms with Gasteiger partial charge in [-0.15, -0.1) is 0 Å². The predicted molar refractivity (Wildman–Crippen MR) is 62.8 cm³/mol. The van der Waals surface area contributed by atoms with Gasteiger partial charge in [-0.2, -0.15) is 0 Å². The molecule has 0 aliphatic carbocycles. The van der Waals surface area contributed by atoms with Crippen molar-refractivity contribution in [1.82, 2.24) is 15.0 Å². The molecule has 0 saturated carbocycles. The van der Waals surface area contributed by atoms with Gasteiger partial charge in [0.1, 0.15) is 5.52 Å². The van der Waals surface area contributed by atoms with Gasteiger partial charge in [0.05, 0.1) is 23.6 Å². The maximum Gasteiger partial charge on any atom is 0.107 e. The van der Waals surface area contributed by atoms with Crippen LogP contribution in [0.5, 0.6) is 0 Å². The van der Waals surface area contributed by atoms with Crippen LogP contribution < -0.4 is 0 Å². The van der Waals surface area contributed by atoms with Crippen molar-refractivity contribution in [3.05, 3.63) is 55.0 Å². The lowest BCUT2D eigenvalue weighted by molar-refractivity contribution is 1.25. The van der Waals surface area contributed by atoms with E-state index in [-0.39, 0.29) is 0 Å². The first-order valence-electron chi connectivity index (χ1n) is 5.06. The fourth-order valence-electron chi connectivity index (χ4n) is 1.61. The van der Waals surface area contributed by atoms with Crippen LogP contribution in [0.25, 0.3) is 22.3 Å². The van der Waals surface area contributed by atoms with Gasteiger partial charge in [0.15, 0.2) is 0 Å². The maximum absolute atomic E-state index is 4.54. The number of hydrogen-bond donors (Lipinski definition) is 0. The molecule has 0 spiro atoms. The minimum atomic E-state index is 0.821. The maximum atomic E-state index is 4.54. The van der Waals surface area contributed by atoms with Gasteiger partial charge in [-0.3, -0.25) is 9.97 Å². The highest BCUT2D eigenvalue weighted by molar-refractivity contribution is 5.75. The van der Waals surface area contributed by atoms with E-state index in [9.17, 15) is 0 Å². The van der Waals surface area contributed by atoms with E-state index in [4.69, 9.17) is 0 Å². The van der Waals surface area contributed by atoms with Gasteiger partial charge in [-0.05, 0) is 6.07 Å². The fourth-order valence-corrected chi connectivity index (χ4v) is 1.61. The Balaban J connectivity index is 2.19. The summed E-state index contributed by atoms with van der Waals surface area (Å²) in [5.41, 5.74) is 3.66. The predicted octanol–water partition coefficient (Wildman–Crippen LogP) is 2.69. The molecule has 0 unspecified atom stereocenters. The molecule has 1 aromatic carbocycles. The Labute approximate surface area is 92.8 Å². The molecule has 0 atom stereocenters. The molecule has 16 heavy (non-hydrogen) atoms. The third-order valence-corrected chi connectivity index (χ3v) is 2.41. The second-order valence-electron chi connectivity index (χ2n) is 3.49.